The van der Waals surface area contributed by atoms with Gasteiger partial charge in [-0.15, -0.1) is 0 Å². The van der Waals surface area contributed by atoms with Gasteiger partial charge in [-0.05, 0) is 54.7 Å². The van der Waals surface area contributed by atoms with E-state index in [0.717, 1.165) is 5.52 Å². The molecule has 0 fully saturated rings. The van der Waals surface area contributed by atoms with Crippen molar-refractivity contribution in [3.63, 3.8) is 0 Å². The first-order valence-corrected chi connectivity index (χ1v) is 9.58. The Hall–Kier alpha value is -2.61. The number of para-hydroxylation sites is 2. The fourth-order valence-electron chi connectivity index (χ4n) is 3.15. The maximum atomic E-state index is 4.35. The summed E-state index contributed by atoms with van der Waals surface area (Å²) >= 11 is 0. The highest BCUT2D eigenvalue weighted by molar-refractivity contribution is 5.83. The van der Waals surface area contributed by atoms with Gasteiger partial charge in [-0.1, -0.05) is 75.4 Å². The lowest BCUT2D eigenvalue weighted by molar-refractivity contribution is 0.408. The molecule has 0 saturated heterocycles. The highest BCUT2D eigenvalue weighted by Crippen LogP contribution is 2.25. The summed E-state index contributed by atoms with van der Waals surface area (Å²) in [6.07, 6.45) is 1.91. The number of benzene rings is 3. The molecule has 2 heteroatoms. The van der Waals surface area contributed by atoms with E-state index in [-0.39, 0.29) is 11.0 Å². The first-order chi connectivity index (χ1) is 12.7. The summed E-state index contributed by atoms with van der Waals surface area (Å²) in [5, 5.41) is 2.65. The van der Waals surface area contributed by atoms with Crippen LogP contribution in [0.5, 0.6) is 0 Å². The summed E-state index contributed by atoms with van der Waals surface area (Å²) in [6.45, 7) is 13.3. The monoisotopic (exact) mass is 358 g/mol. The predicted octanol–water partition coefficient (Wildman–Crippen LogP) is 6.93. The second-order valence-electron chi connectivity index (χ2n) is 9.09. The van der Waals surface area contributed by atoms with Gasteiger partial charge in [0.05, 0.1) is 17.4 Å². The van der Waals surface area contributed by atoms with Crippen molar-refractivity contribution in [2.75, 3.05) is 0 Å². The maximum absolute atomic E-state index is 4.35. The Kier molecular flexibility index (Phi) is 5.10. The lowest BCUT2D eigenvalue weighted by Gasteiger charge is -2.21. The molecule has 3 aromatic carbocycles. The van der Waals surface area contributed by atoms with E-state index in [1.165, 1.54) is 21.9 Å². The Morgan fingerprint density at radius 1 is 0.704 bits per heavy atom. The highest BCUT2D eigenvalue weighted by atomic mass is 15.1. The molecule has 2 nitrogen and oxygen atoms in total. The topological polar surface area (TPSA) is 17.8 Å². The first-order valence-electron chi connectivity index (χ1n) is 9.58. The number of rotatable bonds is 0. The Morgan fingerprint density at radius 2 is 1.33 bits per heavy atom. The molecule has 0 aliphatic heterocycles. The van der Waals surface area contributed by atoms with E-state index < -0.39 is 0 Å². The van der Waals surface area contributed by atoms with E-state index in [1.54, 1.807) is 0 Å². The van der Waals surface area contributed by atoms with E-state index in [2.05, 4.69) is 99.6 Å². The van der Waals surface area contributed by atoms with Gasteiger partial charge in [-0.25, -0.2) is 4.98 Å². The Labute approximate surface area is 162 Å². The number of fused-ring (bicyclic) bond motifs is 2. The lowest BCUT2D eigenvalue weighted by Crippen LogP contribution is -2.20. The van der Waals surface area contributed by atoms with Crippen molar-refractivity contribution in [3.8, 4) is 0 Å². The summed E-state index contributed by atoms with van der Waals surface area (Å²) in [6, 6.07) is 23.4. The third-order valence-electron chi connectivity index (χ3n) is 4.79. The van der Waals surface area contributed by atoms with Crippen LogP contribution in [0.15, 0.2) is 73.1 Å². The third-order valence-corrected chi connectivity index (χ3v) is 4.79. The van der Waals surface area contributed by atoms with Crippen molar-refractivity contribution < 1.29 is 0 Å². The van der Waals surface area contributed by atoms with Crippen LogP contribution in [-0.4, -0.2) is 9.55 Å². The van der Waals surface area contributed by atoms with E-state index in [4.69, 9.17) is 0 Å². The van der Waals surface area contributed by atoms with E-state index >= 15 is 0 Å². The molecule has 4 rings (SSSR count). The maximum Gasteiger partial charge on any atom is 0.0963 e. The summed E-state index contributed by atoms with van der Waals surface area (Å²) in [7, 11) is 0. The summed E-state index contributed by atoms with van der Waals surface area (Å²) < 4.78 is 2.20. The Balaban J connectivity index is 0.000000156. The molecule has 4 aromatic rings. The normalized spacial score (nSPS) is 12.1. The zero-order chi connectivity index (χ0) is 19.7. The molecule has 0 amide bonds. The molecular formula is C25H30N2. The van der Waals surface area contributed by atoms with Crippen LogP contribution >= 0.6 is 0 Å². The van der Waals surface area contributed by atoms with Gasteiger partial charge in [0, 0.05) is 5.54 Å². The number of hydrogen-bond donors (Lipinski definition) is 0. The van der Waals surface area contributed by atoms with Crippen molar-refractivity contribution in [1.82, 2.24) is 9.55 Å². The van der Waals surface area contributed by atoms with Crippen LogP contribution in [0.2, 0.25) is 0 Å². The molecule has 1 heterocycles. The zero-order valence-corrected chi connectivity index (χ0v) is 17.3. The largest absolute Gasteiger partial charge is 0.325 e. The van der Waals surface area contributed by atoms with E-state index in [9.17, 15) is 0 Å². The predicted molar refractivity (Wildman–Crippen MR) is 117 cm³/mol. The average molecular weight is 359 g/mol. The van der Waals surface area contributed by atoms with Crippen LogP contribution in [0.4, 0.5) is 0 Å². The molecule has 0 radical (unpaired) electrons. The van der Waals surface area contributed by atoms with Gasteiger partial charge in [-0.3, -0.25) is 0 Å². The molecule has 0 aliphatic rings. The third kappa shape index (κ3) is 4.39. The molecule has 0 saturated carbocycles. The quantitative estimate of drug-likeness (QED) is 0.333. The molecule has 0 aliphatic carbocycles. The second-order valence-corrected chi connectivity index (χ2v) is 9.09. The highest BCUT2D eigenvalue weighted by Gasteiger charge is 2.15. The van der Waals surface area contributed by atoms with Crippen LogP contribution in [0, 0.1) is 0 Å². The fourth-order valence-corrected chi connectivity index (χ4v) is 3.15. The molecule has 0 unspecified atom stereocenters. The summed E-state index contributed by atoms with van der Waals surface area (Å²) in [5.74, 6) is 0. The molecule has 140 valence electrons. The van der Waals surface area contributed by atoms with Gasteiger partial charge < -0.3 is 4.57 Å². The number of imidazole rings is 1. The van der Waals surface area contributed by atoms with Gasteiger partial charge in [-0.2, -0.15) is 0 Å². The van der Waals surface area contributed by atoms with Gasteiger partial charge >= 0.3 is 0 Å². The van der Waals surface area contributed by atoms with Gasteiger partial charge in [0.1, 0.15) is 0 Å². The van der Waals surface area contributed by atoms with Crippen molar-refractivity contribution in [2.45, 2.75) is 52.5 Å². The van der Waals surface area contributed by atoms with Crippen molar-refractivity contribution in [3.05, 3.63) is 78.6 Å². The molecule has 0 spiro atoms. The van der Waals surface area contributed by atoms with E-state index in [1.807, 2.05) is 24.5 Å². The SMILES string of the molecule is CC(C)(C)c1ccc2ccccc2c1.CC(C)(C)n1cnc2ccccc21. The second kappa shape index (κ2) is 7.19. The zero-order valence-electron chi connectivity index (χ0n) is 17.3. The van der Waals surface area contributed by atoms with Crippen molar-refractivity contribution in [2.24, 2.45) is 0 Å². The fraction of sp³-hybridized carbons (Fsp3) is 0.320. The minimum Gasteiger partial charge on any atom is -0.325 e. The van der Waals surface area contributed by atoms with Crippen LogP contribution in [0.3, 0.4) is 0 Å². The molecule has 0 N–H and O–H groups in total. The number of aromatic nitrogens is 2. The molecule has 0 bridgehead atoms. The first kappa shape index (κ1) is 19.2. The minimum absolute atomic E-state index is 0.107. The van der Waals surface area contributed by atoms with Gasteiger partial charge in [0.15, 0.2) is 0 Å². The molecule has 1 aromatic heterocycles. The van der Waals surface area contributed by atoms with Crippen LogP contribution in [-0.2, 0) is 11.0 Å². The number of nitrogens with zero attached hydrogens (tertiary/aromatic N) is 2. The van der Waals surface area contributed by atoms with E-state index in [0.29, 0.717) is 0 Å². The van der Waals surface area contributed by atoms with Crippen molar-refractivity contribution >= 4 is 21.8 Å². The average Bonchev–Trinajstić information content (AvgIpc) is 3.05. The minimum atomic E-state index is 0.107. The summed E-state index contributed by atoms with van der Waals surface area (Å²) in [5.41, 5.74) is 4.02. The van der Waals surface area contributed by atoms with Crippen LogP contribution in [0.25, 0.3) is 21.8 Å². The van der Waals surface area contributed by atoms with Crippen molar-refractivity contribution in [1.29, 1.82) is 0 Å². The lowest BCUT2D eigenvalue weighted by atomic mass is 9.86. The van der Waals surface area contributed by atoms with Crippen LogP contribution < -0.4 is 0 Å². The molecule has 0 atom stereocenters. The standard InChI is InChI=1S/C14H16.C11H14N2/c1-14(2,3)13-9-8-11-6-4-5-7-12(11)10-13;1-11(2,3)13-8-12-9-6-4-5-7-10(9)13/h4-10H,1-3H3;4-8H,1-3H3. The Bertz CT molecular complexity index is 1040. The number of hydrogen-bond acceptors (Lipinski definition) is 1. The smallest absolute Gasteiger partial charge is 0.0963 e. The Morgan fingerprint density at radius 3 is 2.00 bits per heavy atom. The molecular weight excluding hydrogens is 328 g/mol. The van der Waals surface area contributed by atoms with Gasteiger partial charge in [0.25, 0.3) is 0 Å². The van der Waals surface area contributed by atoms with Crippen LogP contribution in [0.1, 0.15) is 47.1 Å². The molecule has 27 heavy (non-hydrogen) atoms. The van der Waals surface area contributed by atoms with Gasteiger partial charge in [0.2, 0.25) is 0 Å². The summed E-state index contributed by atoms with van der Waals surface area (Å²) in [4.78, 5) is 4.35.